The smallest absolute Gasteiger partial charge is 0.404 e. The van der Waals surface area contributed by atoms with E-state index in [1.807, 2.05) is 25.1 Å². The first-order valence-electron chi connectivity index (χ1n) is 4.72. The summed E-state index contributed by atoms with van der Waals surface area (Å²) in [6.07, 6.45) is -2.38. The number of hydrogen-bond donors (Lipinski definition) is 2. The van der Waals surface area contributed by atoms with Gasteiger partial charge in [0, 0.05) is 0 Å². The molecule has 3 N–H and O–H groups in total. The van der Waals surface area contributed by atoms with Crippen LogP contribution < -0.4 is 5.73 Å². The van der Waals surface area contributed by atoms with E-state index in [4.69, 9.17) is 10.5 Å². The third-order valence-corrected chi connectivity index (χ3v) is 2.25. The van der Waals surface area contributed by atoms with E-state index < -0.39 is 18.3 Å². The van der Waals surface area contributed by atoms with Gasteiger partial charge in [-0.05, 0) is 25.0 Å². The molecule has 1 aromatic rings. The van der Waals surface area contributed by atoms with Crippen LogP contribution in [0.15, 0.2) is 24.3 Å². The summed E-state index contributed by atoms with van der Waals surface area (Å²) in [5.41, 5.74) is 6.57. The van der Waals surface area contributed by atoms with Crippen molar-refractivity contribution in [1.29, 1.82) is 0 Å². The van der Waals surface area contributed by atoms with Crippen molar-refractivity contribution < 1.29 is 14.6 Å². The highest BCUT2D eigenvalue weighted by molar-refractivity contribution is 5.64. The van der Waals surface area contributed by atoms with E-state index in [0.717, 1.165) is 11.1 Å². The highest BCUT2D eigenvalue weighted by Gasteiger charge is 2.20. The molecule has 1 rings (SSSR count). The zero-order valence-electron chi connectivity index (χ0n) is 8.81. The molecule has 0 aliphatic rings. The van der Waals surface area contributed by atoms with E-state index in [1.165, 1.54) is 0 Å². The molecule has 2 atom stereocenters. The van der Waals surface area contributed by atoms with Crippen LogP contribution in [-0.4, -0.2) is 17.3 Å². The summed E-state index contributed by atoms with van der Waals surface area (Å²) in [6, 6.07) is 7.38. The van der Waals surface area contributed by atoms with E-state index >= 15 is 0 Å². The van der Waals surface area contributed by atoms with Gasteiger partial charge in [0.2, 0.25) is 0 Å². The van der Waals surface area contributed by atoms with Crippen LogP contribution in [0.25, 0.3) is 0 Å². The van der Waals surface area contributed by atoms with Gasteiger partial charge in [-0.25, -0.2) is 4.79 Å². The molecule has 82 valence electrons. The second-order valence-electron chi connectivity index (χ2n) is 3.44. The summed E-state index contributed by atoms with van der Waals surface area (Å²) in [5.74, 6) is 0. The summed E-state index contributed by atoms with van der Waals surface area (Å²) in [5, 5.41) is 9.89. The number of aliphatic hydroxyl groups is 1. The molecule has 0 fully saturated rings. The molecule has 0 aliphatic carbocycles. The normalized spacial score (nSPS) is 14.3. The highest BCUT2D eigenvalue weighted by atomic mass is 16.6. The van der Waals surface area contributed by atoms with E-state index in [1.54, 1.807) is 13.0 Å². The zero-order chi connectivity index (χ0) is 11.4. The standard InChI is InChI=1S/C11H15NO3/c1-7-5-3-4-6-9(7)10(13)8(2)15-11(12)14/h3-6,8,10,13H,1-2H3,(H2,12,14)/t8?,10-/m0/s1. The minimum atomic E-state index is -0.880. The number of hydrogen-bond acceptors (Lipinski definition) is 3. The molecule has 1 unspecified atom stereocenters. The van der Waals surface area contributed by atoms with Crippen LogP contribution in [0.4, 0.5) is 4.79 Å². The van der Waals surface area contributed by atoms with Gasteiger partial charge in [-0.3, -0.25) is 0 Å². The third kappa shape index (κ3) is 2.95. The molecule has 0 radical (unpaired) electrons. The molecule has 0 aliphatic heterocycles. The van der Waals surface area contributed by atoms with Gasteiger partial charge in [-0.15, -0.1) is 0 Å². The Morgan fingerprint density at radius 1 is 1.47 bits per heavy atom. The van der Waals surface area contributed by atoms with E-state index in [2.05, 4.69) is 0 Å². The number of carbonyl (C=O) groups excluding carboxylic acids is 1. The van der Waals surface area contributed by atoms with Crippen molar-refractivity contribution in [1.82, 2.24) is 0 Å². The molecular weight excluding hydrogens is 194 g/mol. The maximum Gasteiger partial charge on any atom is 0.404 e. The number of aryl methyl sites for hydroxylation is 1. The molecule has 0 heterocycles. The molecule has 0 bridgehead atoms. The summed E-state index contributed by atoms with van der Waals surface area (Å²) in [4.78, 5) is 10.5. The van der Waals surface area contributed by atoms with Crippen LogP contribution >= 0.6 is 0 Å². The van der Waals surface area contributed by atoms with Gasteiger partial charge in [0.05, 0.1) is 0 Å². The molecule has 15 heavy (non-hydrogen) atoms. The summed E-state index contributed by atoms with van der Waals surface area (Å²) >= 11 is 0. The lowest BCUT2D eigenvalue weighted by Crippen LogP contribution is -2.26. The molecule has 4 nitrogen and oxygen atoms in total. The number of primary amides is 1. The van der Waals surface area contributed by atoms with Gasteiger partial charge < -0.3 is 15.6 Å². The molecular formula is C11H15NO3. The average molecular weight is 209 g/mol. The minimum Gasteiger partial charge on any atom is -0.444 e. The van der Waals surface area contributed by atoms with Gasteiger partial charge in [0.1, 0.15) is 12.2 Å². The molecule has 0 saturated heterocycles. The Labute approximate surface area is 88.7 Å². The second-order valence-corrected chi connectivity index (χ2v) is 3.44. The molecule has 0 saturated carbocycles. The molecule has 0 spiro atoms. The Morgan fingerprint density at radius 3 is 2.60 bits per heavy atom. The average Bonchev–Trinajstić information content (AvgIpc) is 2.16. The van der Waals surface area contributed by atoms with Crippen molar-refractivity contribution >= 4 is 6.09 Å². The first-order chi connectivity index (χ1) is 7.02. The zero-order valence-corrected chi connectivity index (χ0v) is 8.81. The van der Waals surface area contributed by atoms with Gasteiger partial charge in [0.25, 0.3) is 0 Å². The van der Waals surface area contributed by atoms with E-state index in [-0.39, 0.29) is 0 Å². The fraction of sp³-hybridized carbons (Fsp3) is 0.364. The molecule has 4 heteroatoms. The Hall–Kier alpha value is -1.55. The van der Waals surface area contributed by atoms with Crippen LogP contribution in [0.5, 0.6) is 0 Å². The highest BCUT2D eigenvalue weighted by Crippen LogP contribution is 2.21. The van der Waals surface area contributed by atoms with E-state index in [9.17, 15) is 9.90 Å². The number of benzene rings is 1. The van der Waals surface area contributed by atoms with Crippen LogP contribution in [0.2, 0.25) is 0 Å². The Bertz CT molecular complexity index is 351. The first kappa shape index (κ1) is 11.5. The van der Waals surface area contributed by atoms with Gasteiger partial charge >= 0.3 is 6.09 Å². The summed E-state index contributed by atoms with van der Waals surface area (Å²) in [7, 11) is 0. The SMILES string of the molecule is Cc1ccccc1[C@@H](O)C(C)OC(N)=O. The Balaban J connectivity index is 2.80. The van der Waals surface area contributed by atoms with Crippen molar-refractivity contribution in [3.8, 4) is 0 Å². The molecule has 1 aromatic carbocycles. The number of amides is 1. The number of carbonyl (C=O) groups is 1. The van der Waals surface area contributed by atoms with Crippen LogP contribution in [0.3, 0.4) is 0 Å². The fourth-order valence-corrected chi connectivity index (χ4v) is 1.42. The van der Waals surface area contributed by atoms with E-state index in [0.29, 0.717) is 0 Å². The summed E-state index contributed by atoms with van der Waals surface area (Å²) in [6.45, 7) is 3.48. The van der Waals surface area contributed by atoms with Crippen molar-refractivity contribution in [2.45, 2.75) is 26.1 Å². The number of nitrogens with two attached hydrogens (primary N) is 1. The molecule has 0 aromatic heterocycles. The Morgan fingerprint density at radius 2 is 2.07 bits per heavy atom. The lowest BCUT2D eigenvalue weighted by molar-refractivity contribution is 0.0154. The lowest BCUT2D eigenvalue weighted by atomic mass is 10.0. The summed E-state index contributed by atoms with van der Waals surface area (Å²) < 4.78 is 4.71. The number of ether oxygens (including phenoxy) is 1. The quantitative estimate of drug-likeness (QED) is 0.792. The topological polar surface area (TPSA) is 72.6 Å². The maximum absolute atomic E-state index is 10.5. The van der Waals surface area contributed by atoms with Crippen molar-refractivity contribution in [3.63, 3.8) is 0 Å². The number of aliphatic hydroxyl groups excluding tert-OH is 1. The number of rotatable bonds is 3. The van der Waals surface area contributed by atoms with Gasteiger partial charge in [0.15, 0.2) is 0 Å². The first-order valence-corrected chi connectivity index (χ1v) is 4.72. The fourth-order valence-electron chi connectivity index (χ4n) is 1.42. The van der Waals surface area contributed by atoms with Crippen LogP contribution in [-0.2, 0) is 4.74 Å². The van der Waals surface area contributed by atoms with Crippen molar-refractivity contribution in [3.05, 3.63) is 35.4 Å². The molecule has 1 amide bonds. The van der Waals surface area contributed by atoms with Crippen molar-refractivity contribution in [2.24, 2.45) is 5.73 Å². The van der Waals surface area contributed by atoms with Gasteiger partial charge in [-0.1, -0.05) is 24.3 Å². The van der Waals surface area contributed by atoms with Gasteiger partial charge in [-0.2, -0.15) is 0 Å². The Kier molecular flexibility index (Phi) is 3.68. The van der Waals surface area contributed by atoms with Crippen LogP contribution in [0, 0.1) is 6.92 Å². The largest absolute Gasteiger partial charge is 0.444 e. The second kappa shape index (κ2) is 4.79. The maximum atomic E-state index is 10.5. The third-order valence-electron chi connectivity index (χ3n) is 2.25. The minimum absolute atomic E-state index is 0.649. The lowest BCUT2D eigenvalue weighted by Gasteiger charge is -2.20. The predicted octanol–water partition coefficient (Wildman–Crippen LogP) is 1.51. The van der Waals surface area contributed by atoms with Crippen molar-refractivity contribution in [2.75, 3.05) is 0 Å². The predicted molar refractivity (Wildman–Crippen MR) is 56.3 cm³/mol. The monoisotopic (exact) mass is 209 g/mol. The van der Waals surface area contributed by atoms with Crippen LogP contribution in [0.1, 0.15) is 24.2 Å².